The quantitative estimate of drug-likeness (QED) is 0.852. The Morgan fingerprint density at radius 3 is 2.42 bits per heavy atom. The lowest BCUT2D eigenvalue weighted by Crippen LogP contribution is -2.62. The number of hydrogen-bond acceptors (Lipinski definition) is 3. The summed E-state index contributed by atoms with van der Waals surface area (Å²) >= 11 is 0. The van der Waals surface area contributed by atoms with Gasteiger partial charge in [0, 0.05) is 31.7 Å². The molecule has 5 nitrogen and oxygen atoms in total. The monoisotopic (exact) mass is 340 g/mol. The van der Waals surface area contributed by atoms with E-state index in [1.54, 1.807) is 0 Å². The number of anilines is 1. The fraction of sp³-hybridized carbons (Fsp3) is 0.375. The summed E-state index contributed by atoms with van der Waals surface area (Å²) in [4.78, 5) is 25.2. The van der Waals surface area contributed by atoms with Crippen molar-refractivity contribution < 1.29 is 27.5 Å². The molecule has 1 fully saturated rings. The van der Waals surface area contributed by atoms with Gasteiger partial charge in [-0.2, -0.15) is 13.2 Å². The van der Waals surface area contributed by atoms with Crippen molar-refractivity contribution in [2.75, 3.05) is 18.1 Å². The number of alkyl halides is 3. The molecule has 0 unspecified atom stereocenters. The lowest BCUT2D eigenvalue weighted by molar-refractivity contribution is -0.137. The molecule has 2 amide bonds. The fourth-order valence-electron chi connectivity index (χ4n) is 2.73. The van der Waals surface area contributed by atoms with Crippen molar-refractivity contribution in [3.8, 4) is 12.3 Å². The molecule has 8 heteroatoms. The van der Waals surface area contributed by atoms with E-state index >= 15 is 0 Å². The molecular formula is C16H15F3N2O3. The minimum Gasteiger partial charge on any atom is -0.381 e. The highest BCUT2D eigenvalue weighted by Crippen LogP contribution is 2.36. The van der Waals surface area contributed by atoms with E-state index in [1.807, 2.05) is 5.92 Å². The number of rotatable bonds is 3. The number of halogens is 3. The van der Waals surface area contributed by atoms with Crippen LogP contribution in [0.1, 0.15) is 18.4 Å². The van der Waals surface area contributed by atoms with Gasteiger partial charge >= 0.3 is 12.1 Å². The zero-order chi connectivity index (χ0) is 18.0. The van der Waals surface area contributed by atoms with E-state index in [-0.39, 0.29) is 31.7 Å². The number of benzene rings is 1. The molecule has 1 saturated heterocycles. The Bertz CT molecular complexity index is 689. The molecule has 0 aliphatic carbocycles. The van der Waals surface area contributed by atoms with Gasteiger partial charge in [0.15, 0.2) is 0 Å². The van der Waals surface area contributed by atoms with Crippen molar-refractivity contribution in [3.63, 3.8) is 0 Å². The van der Waals surface area contributed by atoms with E-state index in [9.17, 15) is 22.8 Å². The Hall–Kier alpha value is -2.53. The zero-order valence-corrected chi connectivity index (χ0v) is 12.6. The molecule has 1 heterocycles. The van der Waals surface area contributed by atoms with Gasteiger partial charge in [0.2, 0.25) is 5.91 Å². The molecule has 2 rings (SSSR count). The molecule has 1 aromatic rings. The number of amides is 2. The highest BCUT2D eigenvalue weighted by molar-refractivity contribution is 6.11. The van der Waals surface area contributed by atoms with Gasteiger partial charge in [-0.25, -0.2) is 0 Å². The van der Waals surface area contributed by atoms with Crippen molar-refractivity contribution in [3.05, 3.63) is 29.8 Å². The van der Waals surface area contributed by atoms with E-state index < -0.39 is 29.1 Å². The molecule has 2 N–H and O–H groups in total. The van der Waals surface area contributed by atoms with Gasteiger partial charge in [0.05, 0.1) is 5.56 Å². The van der Waals surface area contributed by atoms with Crippen LogP contribution in [0.3, 0.4) is 0 Å². The standard InChI is InChI=1S/C16H15F3N2O3/c1-2-13(22)21(15(14(20)23)6-8-24-9-7-15)12-5-3-4-11(10-12)16(17,18)19/h1,3-5,10H,6-9H2,(H2,20,23). The summed E-state index contributed by atoms with van der Waals surface area (Å²) in [6, 6.07) is 4.06. The Labute approximate surface area is 136 Å². The minimum absolute atomic E-state index is 0.0476. The molecule has 0 atom stereocenters. The van der Waals surface area contributed by atoms with E-state index in [2.05, 4.69) is 0 Å². The molecule has 0 radical (unpaired) electrons. The second kappa shape index (κ2) is 6.53. The molecule has 128 valence electrons. The first-order chi connectivity index (χ1) is 11.2. The summed E-state index contributed by atoms with van der Waals surface area (Å²) in [6.07, 6.45) is 0.648. The lowest BCUT2D eigenvalue weighted by Gasteiger charge is -2.43. The largest absolute Gasteiger partial charge is 0.416 e. The smallest absolute Gasteiger partial charge is 0.381 e. The third-order valence-corrected chi connectivity index (χ3v) is 3.96. The van der Waals surface area contributed by atoms with Crippen LogP contribution in [-0.4, -0.2) is 30.6 Å². The molecule has 0 aromatic heterocycles. The summed E-state index contributed by atoms with van der Waals surface area (Å²) in [5, 5.41) is 0. The average Bonchev–Trinajstić information content (AvgIpc) is 2.55. The van der Waals surface area contributed by atoms with Crippen LogP contribution < -0.4 is 10.6 Å². The van der Waals surface area contributed by atoms with Crippen LogP contribution in [0, 0.1) is 12.3 Å². The molecule has 0 saturated carbocycles. The van der Waals surface area contributed by atoms with E-state index in [0.29, 0.717) is 0 Å². The second-order valence-corrected chi connectivity index (χ2v) is 5.34. The molecular weight excluding hydrogens is 325 g/mol. The van der Waals surface area contributed by atoms with E-state index in [0.717, 1.165) is 23.1 Å². The molecule has 0 bridgehead atoms. The summed E-state index contributed by atoms with van der Waals surface area (Å²) in [7, 11) is 0. The summed E-state index contributed by atoms with van der Waals surface area (Å²) < 4.78 is 44.0. The van der Waals surface area contributed by atoms with Crippen LogP contribution in [0.5, 0.6) is 0 Å². The van der Waals surface area contributed by atoms with Crippen molar-refractivity contribution >= 4 is 17.5 Å². The first-order valence-electron chi connectivity index (χ1n) is 7.08. The second-order valence-electron chi connectivity index (χ2n) is 5.34. The van der Waals surface area contributed by atoms with Crippen molar-refractivity contribution in [1.82, 2.24) is 0 Å². The van der Waals surface area contributed by atoms with Gasteiger partial charge in [-0.1, -0.05) is 6.07 Å². The van der Waals surface area contributed by atoms with Gasteiger partial charge in [0.1, 0.15) is 5.54 Å². The summed E-state index contributed by atoms with van der Waals surface area (Å²) in [6.45, 7) is 0.270. The topological polar surface area (TPSA) is 72.6 Å². The Balaban J connectivity index is 2.60. The number of ether oxygens (including phenoxy) is 1. The zero-order valence-electron chi connectivity index (χ0n) is 12.6. The van der Waals surface area contributed by atoms with E-state index in [1.165, 1.54) is 6.07 Å². The summed E-state index contributed by atoms with van der Waals surface area (Å²) in [5.41, 5.74) is 2.87. The van der Waals surface area contributed by atoms with Crippen molar-refractivity contribution in [1.29, 1.82) is 0 Å². The minimum atomic E-state index is -4.60. The Kier molecular flexibility index (Phi) is 4.85. The van der Waals surface area contributed by atoms with Gasteiger partial charge < -0.3 is 10.5 Å². The first-order valence-corrected chi connectivity index (χ1v) is 7.08. The molecule has 1 aromatic carbocycles. The van der Waals surface area contributed by atoms with Crippen molar-refractivity contribution in [2.24, 2.45) is 5.73 Å². The number of nitrogens with two attached hydrogens (primary N) is 1. The first kappa shape index (κ1) is 17.8. The van der Waals surface area contributed by atoms with Gasteiger partial charge in [-0.3, -0.25) is 14.5 Å². The van der Waals surface area contributed by atoms with Gasteiger partial charge in [0.25, 0.3) is 0 Å². The molecule has 1 aliphatic heterocycles. The van der Waals surface area contributed by atoms with Crippen LogP contribution >= 0.6 is 0 Å². The maximum absolute atomic E-state index is 13.0. The SMILES string of the molecule is C#CC(=O)N(c1cccc(C(F)(F)F)c1)C1(C(N)=O)CCOCC1. The Morgan fingerprint density at radius 2 is 1.92 bits per heavy atom. The predicted octanol–water partition coefficient (Wildman–Crippen LogP) is 1.71. The summed E-state index contributed by atoms with van der Waals surface area (Å²) in [5.74, 6) is 0.0798. The lowest BCUT2D eigenvalue weighted by atomic mass is 9.86. The third kappa shape index (κ3) is 3.21. The number of carbonyl (C=O) groups excluding carboxylic acids is 2. The normalized spacial score (nSPS) is 16.9. The van der Waals surface area contributed by atoms with Crippen LogP contribution in [-0.2, 0) is 20.5 Å². The fourth-order valence-corrected chi connectivity index (χ4v) is 2.73. The molecule has 1 aliphatic rings. The van der Waals surface area contributed by atoms with Crippen LogP contribution in [0.4, 0.5) is 18.9 Å². The number of terminal acetylenes is 1. The molecule has 24 heavy (non-hydrogen) atoms. The van der Waals surface area contributed by atoms with E-state index in [4.69, 9.17) is 16.9 Å². The average molecular weight is 340 g/mol. The predicted molar refractivity (Wildman–Crippen MR) is 79.7 cm³/mol. The van der Waals surface area contributed by atoms with Gasteiger partial charge in [-0.05, 0) is 24.1 Å². The van der Waals surface area contributed by atoms with Crippen molar-refractivity contribution in [2.45, 2.75) is 24.6 Å². The van der Waals surface area contributed by atoms with Crippen LogP contribution in [0.2, 0.25) is 0 Å². The Morgan fingerprint density at radius 1 is 1.29 bits per heavy atom. The van der Waals surface area contributed by atoms with Crippen LogP contribution in [0.15, 0.2) is 24.3 Å². The van der Waals surface area contributed by atoms with Crippen LogP contribution in [0.25, 0.3) is 0 Å². The maximum atomic E-state index is 13.0. The maximum Gasteiger partial charge on any atom is 0.416 e. The highest BCUT2D eigenvalue weighted by atomic mass is 19.4. The number of primary amides is 1. The highest BCUT2D eigenvalue weighted by Gasteiger charge is 2.47. The third-order valence-electron chi connectivity index (χ3n) is 3.96. The number of hydrogen-bond donors (Lipinski definition) is 1. The molecule has 0 spiro atoms. The number of nitrogens with zero attached hydrogens (tertiary/aromatic N) is 1. The number of carbonyl (C=O) groups is 2. The van der Waals surface area contributed by atoms with Gasteiger partial charge in [-0.15, -0.1) is 6.42 Å².